The van der Waals surface area contributed by atoms with Gasteiger partial charge in [0.2, 0.25) is 0 Å². The van der Waals surface area contributed by atoms with Crippen molar-refractivity contribution in [1.29, 1.82) is 0 Å². The van der Waals surface area contributed by atoms with E-state index in [0.29, 0.717) is 6.54 Å². The molecule has 1 aromatic carbocycles. The standard InChI is InChI=1S/C11H15NO2.ClH/c1-8-5-3-4-6-10(8)7-12-9(2)11(13)14;/h3-6,9,12H,7H2,1-2H3,(H,13,14);1H. The van der Waals surface area contributed by atoms with Crippen LogP contribution in [0.5, 0.6) is 0 Å². The van der Waals surface area contributed by atoms with Crippen LogP contribution in [0.25, 0.3) is 0 Å². The van der Waals surface area contributed by atoms with Gasteiger partial charge in [0.05, 0.1) is 0 Å². The van der Waals surface area contributed by atoms with Crippen LogP contribution in [-0.2, 0) is 11.3 Å². The smallest absolute Gasteiger partial charge is 0.320 e. The summed E-state index contributed by atoms with van der Waals surface area (Å²) in [5.41, 5.74) is 2.32. The number of halogens is 1. The van der Waals surface area contributed by atoms with Crippen molar-refractivity contribution in [2.24, 2.45) is 0 Å². The summed E-state index contributed by atoms with van der Waals surface area (Å²) < 4.78 is 0. The molecule has 0 bridgehead atoms. The van der Waals surface area contributed by atoms with Gasteiger partial charge >= 0.3 is 5.97 Å². The lowest BCUT2D eigenvalue weighted by Gasteiger charge is -2.10. The Morgan fingerprint density at radius 1 is 1.47 bits per heavy atom. The second kappa shape index (κ2) is 6.43. The molecule has 1 rings (SSSR count). The minimum absolute atomic E-state index is 0. The van der Waals surface area contributed by atoms with Gasteiger partial charge in [-0.1, -0.05) is 24.3 Å². The van der Waals surface area contributed by atoms with E-state index in [1.54, 1.807) is 6.92 Å². The highest BCUT2D eigenvalue weighted by Crippen LogP contribution is 2.06. The molecule has 4 heteroatoms. The van der Waals surface area contributed by atoms with Gasteiger partial charge in [0.15, 0.2) is 0 Å². The fraction of sp³-hybridized carbons (Fsp3) is 0.364. The maximum absolute atomic E-state index is 10.5. The van der Waals surface area contributed by atoms with Gasteiger partial charge in [-0.15, -0.1) is 12.4 Å². The van der Waals surface area contributed by atoms with Crippen molar-refractivity contribution in [3.05, 3.63) is 35.4 Å². The highest BCUT2D eigenvalue weighted by Gasteiger charge is 2.09. The van der Waals surface area contributed by atoms with Crippen molar-refractivity contribution >= 4 is 18.4 Å². The molecular weight excluding hydrogens is 214 g/mol. The van der Waals surface area contributed by atoms with Gasteiger partial charge in [0.25, 0.3) is 0 Å². The monoisotopic (exact) mass is 229 g/mol. The Labute approximate surface area is 95.9 Å². The number of aryl methyl sites for hydroxylation is 1. The summed E-state index contributed by atoms with van der Waals surface area (Å²) in [4.78, 5) is 10.5. The summed E-state index contributed by atoms with van der Waals surface area (Å²) in [6.07, 6.45) is 0. The molecule has 0 heterocycles. The fourth-order valence-electron chi connectivity index (χ4n) is 1.16. The Morgan fingerprint density at radius 3 is 2.60 bits per heavy atom. The average Bonchev–Trinajstić information content (AvgIpc) is 2.16. The number of carboxylic acids is 1. The lowest BCUT2D eigenvalue weighted by molar-refractivity contribution is -0.139. The number of benzene rings is 1. The number of nitrogens with one attached hydrogen (secondary N) is 1. The van der Waals surface area contributed by atoms with E-state index in [9.17, 15) is 4.79 Å². The molecule has 3 nitrogen and oxygen atoms in total. The van der Waals surface area contributed by atoms with Crippen molar-refractivity contribution in [2.45, 2.75) is 26.4 Å². The normalized spacial score (nSPS) is 11.6. The maximum atomic E-state index is 10.5. The second-order valence-corrected chi connectivity index (χ2v) is 3.37. The third-order valence-corrected chi connectivity index (χ3v) is 2.23. The Kier molecular flexibility index (Phi) is 5.97. The van der Waals surface area contributed by atoms with Crippen LogP contribution in [0.2, 0.25) is 0 Å². The maximum Gasteiger partial charge on any atom is 0.320 e. The van der Waals surface area contributed by atoms with Gasteiger partial charge in [0.1, 0.15) is 6.04 Å². The van der Waals surface area contributed by atoms with Crippen molar-refractivity contribution in [1.82, 2.24) is 5.32 Å². The van der Waals surface area contributed by atoms with Gasteiger partial charge in [-0.05, 0) is 25.0 Å². The lowest BCUT2D eigenvalue weighted by atomic mass is 10.1. The molecule has 0 saturated carbocycles. The molecule has 0 aromatic heterocycles. The quantitative estimate of drug-likeness (QED) is 0.830. The predicted molar refractivity (Wildman–Crippen MR) is 62.4 cm³/mol. The third-order valence-electron chi connectivity index (χ3n) is 2.23. The van der Waals surface area contributed by atoms with Crippen molar-refractivity contribution in [3.63, 3.8) is 0 Å². The first-order chi connectivity index (χ1) is 6.61. The number of rotatable bonds is 4. The Hall–Kier alpha value is -1.06. The molecule has 1 unspecified atom stereocenters. The molecule has 0 aliphatic heterocycles. The van der Waals surface area contributed by atoms with E-state index in [-0.39, 0.29) is 12.4 Å². The Balaban J connectivity index is 0.00000196. The first-order valence-electron chi connectivity index (χ1n) is 4.62. The second-order valence-electron chi connectivity index (χ2n) is 3.37. The summed E-state index contributed by atoms with van der Waals surface area (Å²) in [5.74, 6) is -0.821. The van der Waals surface area contributed by atoms with E-state index < -0.39 is 12.0 Å². The van der Waals surface area contributed by atoms with Crippen molar-refractivity contribution < 1.29 is 9.90 Å². The summed E-state index contributed by atoms with van der Waals surface area (Å²) in [6.45, 7) is 4.25. The van der Waals surface area contributed by atoms with E-state index in [4.69, 9.17) is 5.11 Å². The molecule has 1 aromatic rings. The molecule has 1 atom stereocenters. The molecule has 0 saturated heterocycles. The van der Waals surface area contributed by atoms with E-state index in [1.165, 1.54) is 5.56 Å². The van der Waals surface area contributed by atoms with Gasteiger partial charge < -0.3 is 10.4 Å². The molecule has 2 N–H and O–H groups in total. The van der Waals surface area contributed by atoms with Gasteiger partial charge in [-0.25, -0.2) is 0 Å². The highest BCUT2D eigenvalue weighted by atomic mass is 35.5. The predicted octanol–water partition coefficient (Wildman–Crippen LogP) is 1.98. The highest BCUT2D eigenvalue weighted by molar-refractivity contribution is 5.85. The zero-order valence-electron chi connectivity index (χ0n) is 8.86. The molecule has 0 aliphatic rings. The van der Waals surface area contributed by atoms with Crippen molar-refractivity contribution in [3.8, 4) is 0 Å². The van der Waals surface area contributed by atoms with Crippen LogP contribution in [0.15, 0.2) is 24.3 Å². The van der Waals surface area contributed by atoms with Crippen LogP contribution in [0.4, 0.5) is 0 Å². The van der Waals surface area contributed by atoms with Crippen LogP contribution in [0.1, 0.15) is 18.1 Å². The first-order valence-corrected chi connectivity index (χ1v) is 4.62. The van der Waals surface area contributed by atoms with E-state index in [2.05, 4.69) is 5.32 Å². The molecule has 0 spiro atoms. The largest absolute Gasteiger partial charge is 0.480 e. The molecule has 0 amide bonds. The SMILES string of the molecule is Cc1ccccc1CNC(C)C(=O)O.Cl. The summed E-state index contributed by atoms with van der Waals surface area (Å²) >= 11 is 0. The Morgan fingerprint density at radius 2 is 2.07 bits per heavy atom. The van der Waals surface area contributed by atoms with E-state index >= 15 is 0 Å². The van der Waals surface area contributed by atoms with Crippen LogP contribution in [0.3, 0.4) is 0 Å². The van der Waals surface area contributed by atoms with Gasteiger partial charge in [0, 0.05) is 6.54 Å². The summed E-state index contributed by atoms with van der Waals surface area (Å²) in [5, 5.41) is 11.6. The first kappa shape index (κ1) is 13.9. The number of hydrogen-bond acceptors (Lipinski definition) is 2. The number of carboxylic acid groups (broad SMARTS) is 1. The minimum Gasteiger partial charge on any atom is -0.480 e. The topological polar surface area (TPSA) is 49.3 Å². The molecule has 0 radical (unpaired) electrons. The summed E-state index contributed by atoms with van der Waals surface area (Å²) in [7, 11) is 0. The third kappa shape index (κ3) is 4.32. The Bertz CT molecular complexity index is 328. The average molecular weight is 230 g/mol. The molecule has 0 aliphatic carbocycles. The van der Waals surface area contributed by atoms with Crippen LogP contribution in [-0.4, -0.2) is 17.1 Å². The lowest BCUT2D eigenvalue weighted by Crippen LogP contribution is -2.33. The molecular formula is C11H16ClNO2. The number of carbonyl (C=O) groups is 1. The zero-order chi connectivity index (χ0) is 10.6. The number of hydrogen-bond donors (Lipinski definition) is 2. The summed E-state index contributed by atoms with van der Waals surface area (Å²) in [6, 6.07) is 7.43. The van der Waals surface area contributed by atoms with Crippen LogP contribution >= 0.6 is 12.4 Å². The minimum atomic E-state index is -0.821. The van der Waals surface area contributed by atoms with Crippen molar-refractivity contribution in [2.75, 3.05) is 0 Å². The van der Waals surface area contributed by atoms with Gasteiger partial charge in [-0.2, -0.15) is 0 Å². The molecule has 15 heavy (non-hydrogen) atoms. The van der Waals surface area contributed by atoms with Crippen LogP contribution < -0.4 is 5.32 Å². The fourth-order valence-corrected chi connectivity index (χ4v) is 1.16. The number of aliphatic carboxylic acids is 1. The van der Waals surface area contributed by atoms with E-state index in [0.717, 1.165) is 5.56 Å². The van der Waals surface area contributed by atoms with E-state index in [1.807, 2.05) is 31.2 Å². The molecule has 84 valence electrons. The van der Waals surface area contributed by atoms with Gasteiger partial charge in [-0.3, -0.25) is 4.79 Å². The zero-order valence-corrected chi connectivity index (χ0v) is 9.67. The molecule has 0 fully saturated rings. The van der Waals surface area contributed by atoms with Crippen LogP contribution in [0, 0.1) is 6.92 Å².